The molecule has 27 heavy (non-hydrogen) atoms. The first-order valence-electron chi connectivity index (χ1n) is 9.68. The molecular formula is C22H32O5. The van der Waals surface area contributed by atoms with Crippen LogP contribution >= 0.6 is 0 Å². The van der Waals surface area contributed by atoms with Gasteiger partial charge in [-0.15, -0.1) is 0 Å². The van der Waals surface area contributed by atoms with Crippen LogP contribution in [0.15, 0.2) is 23.0 Å². The molecule has 0 amide bonds. The highest BCUT2D eigenvalue weighted by molar-refractivity contribution is 6.32. The predicted octanol–water partition coefficient (Wildman–Crippen LogP) is 3.71. The molecular weight excluding hydrogens is 344 g/mol. The molecule has 0 aliphatic heterocycles. The Labute approximate surface area is 161 Å². The van der Waals surface area contributed by atoms with E-state index in [1.54, 1.807) is 27.7 Å². The third-order valence-corrected chi connectivity index (χ3v) is 6.56. The van der Waals surface area contributed by atoms with Crippen LogP contribution in [0, 0.1) is 22.7 Å². The SMILES string of the molecule is CCC(C)C(=O)C1=C(O)[C@@]2(C)C(=O)[C@](CC=C(C)C)(C[C@H]2C(C)(C)O)C1=O. The molecule has 0 aromatic rings. The lowest BCUT2D eigenvalue weighted by Crippen LogP contribution is -2.50. The number of aliphatic hydroxyl groups excluding tert-OH is 1. The second-order valence-electron chi connectivity index (χ2n) is 9.24. The van der Waals surface area contributed by atoms with Gasteiger partial charge >= 0.3 is 0 Å². The molecule has 2 aliphatic rings. The fourth-order valence-electron chi connectivity index (χ4n) is 4.64. The van der Waals surface area contributed by atoms with E-state index in [0.29, 0.717) is 6.42 Å². The van der Waals surface area contributed by atoms with Crippen LogP contribution in [-0.4, -0.2) is 33.2 Å². The van der Waals surface area contributed by atoms with Gasteiger partial charge in [-0.25, -0.2) is 0 Å². The van der Waals surface area contributed by atoms with Crippen LogP contribution in [0.2, 0.25) is 0 Å². The zero-order valence-corrected chi connectivity index (χ0v) is 17.5. The van der Waals surface area contributed by atoms with E-state index in [2.05, 4.69) is 0 Å². The number of hydrogen-bond donors (Lipinski definition) is 2. The summed E-state index contributed by atoms with van der Waals surface area (Å²) >= 11 is 0. The van der Waals surface area contributed by atoms with E-state index in [1.165, 1.54) is 0 Å². The molecule has 2 aliphatic carbocycles. The lowest BCUT2D eigenvalue weighted by molar-refractivity contribution is -0.144. The molecule has 2 rings (SSSR count). The molecule has 0 spiro atoms. The Bertz CT molecular complexity index is 747. The normalized spacial score (nSPS) is 31.9. The average molecular weight is 376 g/mol. The van der Waals surface area contributed by atoms with Gasteiger partial charge in [-0.05, 0) is 53.9 Å². The molecule has 150 valence electrons. The number of Topliss-reactive ketones (excluding diaryl/α,β-unsaturated/α-hetero) is 3. The van der Waals surface area contributed by atoms with Gasteiger partial charge in [0.05, 0.1) is 16.4 Å². The van der Waals surface area contributed by atoms with E-state index in [9.17, 15) is 24.6 Å². The fourth-order valence-corrected chi connectivity index (χ4v) is 4.64. The largest absolute Gasteiger partial charge is 0.510 e. The van der Waals surface area contributed by atoms with Gasteiger partial charge in [-0.2, -0.15) is 0 Å². The number of allylic oxidation sites excluding steroid dienone is 4. The molecule has 2 N–H and O–H groups in total. The topological polar surface area (TPSA) is 91.7 Å². The van der Waals surface area contributed by atoms with Crippen molar-refractivity contribution >= 4 is 17.3 Å². The maximum atomic E-state index is 13.5. The molecule has 5 nitrogen and oxygen atoms in total. The summed E-state index contributed by atoms with van der Waals surface area (Å²) in [6.07, 6.45) is 2.66. The Kier molecular flexibility index (Phi) is 5.34. The Morgan fingerprint density at radius 2 is 1.89 bits per heavy atom. The van der Waals surface area contributed by atoms with Crippen LogP contribution in [0.1, 0.15) is 67.7 Å². The van der Waals surface area contributed by atoms with Crippen molar-refractivity contribution in [1.82, 2.24) is 0 Å². The van der Waals surface area contributed by atoms with Crippen molar-refractivity contribution in [3.63, 3.8) is 0 Å². The smallest absolute Gasteiger partial charge is 0.183 e. The molecule has 0 aromatic carbocycles. The summed E-state index contributed by atoms with van der Waals surface area (Å²) in [7, 11) is 0. The molecule has 4 atom stereocenters. The maximum absolute atomic E-state index is 13.5. The number of carbonyl (C=O) groups excluding carboxylic acids is 3. The van der Waals surface area contributed by atoms with Crippen molar-refractivity contribution < 1.29 is 24.6 Å². The van der Waals surface area contributed by atoms with Crippen LogP contribution in [-0.2, 0) is 14.4 Å². The zero-order valence-electron chi connectivity index (χ0n) is 17.5. The molecule has 5 heteroatoms. The minimum absolute atomic E-state index is 0.121. The van der Waals surface area contributed by atoms with Crippen molar-refractivity contribution in [2.75, 3.05) is 0 Å². The fraction of sp³-hybridized carbons (Fsp3) is 0.682. The molecule has 0 saturated heterocycles. The van der Waals surface area contributed by atoms with E-state index in [4.69, 9.17) is 0 Å². The first-order chi connectivity index (χ1) is 12.2. The minimum Gasteiger partial charge on any atom is -0.510 e. The number of carbonyl (C=O) groups is 3. The molecule has 1 saturated carbocycles. The van der Waals surface area contributed by atoms with Gasteiger partial charge in [-0.3, -0.25) is 14.4 Å². The third-order valence-electron chi connectivity index (χ3n) is 6.56. The number of ketones is 3. The summed E-state index contributed by atoms with van der Waals surface area (Å²) < 4.78 is 0. The quantitative estimate of drug-likeness (QED) is 0.419. The number of rotatable bonds is 6. The first kappa shape index (κ1) is 21.5. The van der Waals surface area contributed by atoms with Crippen molar-refractivity contribution in [2.24, 2.45) is 22.7 Å². The summed E-state index contributed by atoms with van der Waals surface area (Å²) in [6, 6.07) is 0. The highest BCUT2D eigenvalue weighted by Gasteiger charge is 2.71. The van der Waals surface area contributed by atoms with Crippen LogP contribution in [0.25, 0.3) is 0 Å². The lowest BCUT2D eigenvalue weighted by atomic mass is 9.63. The highest BCUT2D eigenvalue weighted by Crippen LogP contribution is 2.62. The molecule has 2 bridgehead atoms. The molecule has 1 fully saturated rings. The van der Waals surface area contributed by atoms with E-state index in [1.807, 2.05) is 26.8 Å². The monoisotopic (exact) mass is 376 g/mol. The van der Waals surface area contributed by atoms with Crippen LogP contribution < -0.4 is 0 Å². The highest BCUT2D eigenvalue weighted by atomic mass is 16.3. The van der Waals surface area contributed by atoms with E-state index >= 15 is 0 Å². The van der Waals surface area contributed by atoms with Gasteiger partial charge in [0.2, 0.25) is 0 Å². The Hall–Kier alpha value is -1.75. The summed E-state index contributed by atoms with van der Waals surface area (Å²) in [5.74, 6) is -2.94. The van der Waals surface area contributed by atoms with Gasteiger partial charge in [0.25, 0.3) is 0 Å². The van der Waals surface area contributed by atoms with Crippen molar-refractivity contribution in [3.05, 3.63) is 23.0 Å². The van der Waals surface area contributed by atoms with Gasteiger partial charge in [-0.1, -0.05) is 25.5 Å². The van der Waals surface area contributed by atoms with Crippen molar-refractivity contribution in [3.8, 4) is 0 Å². The molecule has 1 unspecified atom stereocenters. The van der Waals surface area contributed by atoms with E-state index < -0.39 is 45.6 Å². The molecule has 0 heterocycles. The standard InChI is InChI=1S/C22H32O5/c1-8-13(4)16(23)15-17(24)21(7)14(20(5,6)27)11-22(18(15)25,19(21)26)10-9-12(2)3/h9,13-14,24,27H,8,10-11H2,1-7H3/t13?,14-,21-,22+/m0/s1. The summed E-state index contributed by atoms with van der Waals surface area (Å²) in [4.78, 5) is 39.8. The van der Waals surface area contributed by atoms with Crippen LogP contribution in [0.4, 0.5) is 0 Å². The predicted molar refractivity (Wildman–Crippen MR) is 103 cm³/mol. The molecule has 0 radical (unpaired) electrons. The summed E-state index contributed by atoms with van der Waals surface area (Å²) in [5, 5.41) is 21.7. The van der Waals surface area contributed by atoms with Gasteiger partial charge in [0, 0.05) is 11.8 Å². The lowest BCUT2D eigenvalue weighted by Gasteiger charge is -2.39. The number of aliphatic hydroxyl groups is 2. The second kappa shape index (κ2) is 6.69. The maximum Gasteiger partial charge on any atom is 0.183 e. The van der Waals surface area contributed by atoms with Crippen LogP contribution in [0.5, 0.6) is 0 Å². The Morgan fingerprint density at radius 3 is 2.33 bits per heavy atom. The van der Waals surface area contributed by atoms with Gasteiger partial charge in [0.1, 0.15) is 11.3 Å². The van der Waals surface area contributed by atoms with Crippen molar-refractivity contribution in [1.29, 1.82) is 0 Å². The van der Waals surface area contributed by atoms with Gasteiger partial charge in [0.15, 0.2) is 17.3 Å². The second-order valence-corrected chi connectivity index (χ2v) is 9.24. The zero-order chi connectivity index (χ0) is 20.9. The molecule has 0 aromatic heterocycles. The van der Waals surface area contributed by atoms with Gasteiger partial charge < -0.3 is 10.2 Å². The van der Waals surface area contributed by atoms with Crippen molar-refractivity contribution in [2.45, 2.75) is 73.3 Å². The number of fused-ring (bicyclic) bond motifs is 2. The average Bonchev–Trinajstić information content (AvgIpc) is 2.77. The summed E-state index contributed by atoms with van der Waals surface area (Å²) in [5.41, 5.74) is -3.41. The number of hydrogen-bond acceptors (Lipinski definition) is 5. The van der Waals surface area contributed by atoms with E-state index in [0.717, 1.165) is 5.57 Å². The Morgan fingerprint density at radius 1 is 1.33 bits per heavy atom. The minimum atomic E-state index is -1.44. The first-order valence-corrected chi connectivity index (χ1v) is 9.68. The summed E-state index contributed by atoms with van der Waals surface area (Å²) in [6.45, 7) is 12.1. The van der Waals surface area contributed by atoms with Crippen LogP contribution in [0.3, 0.4) is 0 Å². The van der Waals surface area contributed by atoms with E-state index in [-0.39, 0.29) is 24.2 Å². The Balaban J connectivity index is 2.79. The third kappa shape index (κ3) is 3.00.